The Morgan fingerprint density at radius 2 is 1.23 bits per heavy atom. The van der Waals surface area contributed by atoms with Crippen LogP contribution in [0.3, 0.4) is 0 Å². The molecule has 3 aromatic rings. The topological polar surface area (TPSA) is 121 Å². The second-order valence-electron chi connectivity index (χ2n) is 4.96. The first kappa shape index (κ1) is 17.9. The van der Waals surface area contributed by atoms with Gasteiger partial charge in [-0.2, -0.15) is 0 Å². The fourth-order valence-electron chi connectivity index (χ4n) is 2.06. The molecule has 0 N–H and O–H groups in total. The summed E-state index contributed by atoms with van der Waals surface area (Å²) in [5, 5.41) is 12.4. The molecule has 2 aromatic carbocycles. The van der Waals surface area contributed by atoms with Crippen molar-refractivity contribution in [1.82, 2.24) is 5.16 Å². The second kappa shape index (κ2) is 6.14. The van der Waals surface area contributed by atoms with E-state index in [1.165, 1.54) is 0 Å². The van der Waals surface area contributed by atoms with E-state index in [2.05, 4.69) is 9.79 Å². The number of sulfone groups is 2. The molecule has 0 aliphatic carbocycles. The average molecular weight is 402 g/mol. The van der Waals surface area contributed by atoms with E-state index < -0.39 is 56.1 Å². The molecular weight excluding hydrogens is 394 g/mol. The van der Waals surface area contributed by atoms with Gasteiger partial charge in [-0.15, -0.1) is 0 Å². The molecule has 12 heteroatoms. The molecular formula is C14H8F2N2O6S2. The number of halogens is 2. The highest BCUT2D eigenvalue weighted by Gasteiger charge is 2.42. The van der Waals surface area contributed by atoms with Crippen molar-refractivity contribution in [3.63, 3.8) is 0 Å². The maximum Gasteiger partial charge on any atom is 0.355 e. The summed E-state index contributed by atoms with van der Waals surface area (Å²) in [5.74, 6) is -1.45. The van der Waals surface area contributed by atoms with E-state index in [1.54, 1.807) is 0 Å². The van der Waals surface area contributed by atoms with Gasteiger partial charge in [0.25, 0.3) is 19.7 Å². The van der Waals surface area contributed by atoms with Crippen LogP contribution in [0.25, 0.3) is 0 Å². The van der Waals surface area contributed by atoms with Crippen LogP contribution < -0.4 is 4.90 Å². The van der Waals surface area contributed by atoms with E-state index in [1.807, 2.05) is 0 Å². The van der Waals surface area contributed by atoms with Gasteiger partial charge in [0.15, 0.2) is 0 Å². The Labute approximate surface area is 145 Å². The van der Waals surface area contributed by atoms with Crippen LogP contribution in [0.15, 0.2) is 73.0 Å². The average Bonchev–Trinajstić information content (AvgIpc) is 2.99. The maximum atomic E-state index is 13.0. The summed E-state index contributed by atoms with van der Waals surface area (Å²) >= 11 is 0. The second-order valence-corrected chi connectivity index (χ2v) is 8.69. The van der Waals surface area contributed by atoms with Gasteiger partial charge in [-0.3, -0.25) is 4.63 Å². The number of aromatic nitrogens is 2. The third-order valence-electron chi connectivity index (χ3n) is 3.30. The molecule has 0 aliphatic heterocycles. The smallest absolute Gasteiger partial charge is 0.355 e. The summed E-state index contributed by atoms with van der Waals surface area (Å²) in [6, 6.07) is 6.79. The Bertz CT molecular complexity index is 1170. The molecule has 0 unspecified atom stereocenters. The lowest BCUT2D eigenvalue weighted by atomic mass is 10.4. The van der Waals surface area contributed by atoms with Crippen LogP contribution in [0, 0.1) is 16.8 Å². The van der Waals surface area contributed by atoms with Crippen LogP contribution in [0.1, 0.15) is 0 Å². The van der Waals surface area contributed by atoms with Crippen LogP contribution in [-0.4, -0.2) is 22.0 Å². The van der Waals surface area contributed by atoms with Crippen molar-refractivity contribution in [3.05, 3.63) is 65.4 Å². The zero-order valence-corrected chi connectivity index (χ0v) is 14.2. The summed E-state index contributed by atoms with van der Waals surface area (Å²) in [7, 11) is -9.31. The van der Waals surface area contributed by atoms with Gasteiger partial charge in [0.1, 0.15) is 11.6 Å². The number of hydrogen-bond donors (Lipinski definition) is 0. The molecule has 0 bridgehead atoms. The Hall–Kier alpha value is -2.86. The van der Waals surface area contributed by atoms with E-state index in [0.717, 1.165) is 48.5 Å². The normalized spacial score (nSPS) is 12.2. The minimum Gasteiger partial charge on any atom is -0.358 e. The summed E-state index contributed by atoms with van der Waals surface area (Å²) < 4.78 is 80.6. The Balaban J connectivity index is 2.21. The molecule has 3 rings (SSSR count). The predicted octanol–water partition coefficient (Wildman–Crippen LogP) is 1.25. The van der Waals surface area contributed by atoms with Gasteiger partial charge in [0, 0.05) is 0 Å². The number of nitrogens with zero attached hydrogens (tertiary/aromatic N) is 2. The summed E-state index contributed by atoms with van der Waals surface area (Å²) in [4.78, 5) is -1.61. The van der Waals surface area contributed by atoms with Crippen molar-refractivity contribution in [2.45, 2.75) is 19.8 Å². The van der Waals surface area contributed by atoms with Crippen molar-refractivity contribution in [2.24, 2.45) is 0 Å². The molecule has 0 spiro atoms. The lowest BCUT2D eigenvalue weighted by molar-refractivity contribution is -0.832. The zero-order chi connectivity index (χ0) is 19.1. The zero-order valence-electron chi connectivity index (χ0n) is 12.5. The quantitative estimate of drug-likeness (QED) is 0.476. The van der Waals surface area contributed by atoms with Gasteiger partial charge in [-0.25, -0.2) is 25.6 Å². The molecule has 0 radical (unpaired) electrons. The number of rotatable bonds is 4. The van der Waals surface area contributed by atoms with Gasteiger partial charge in [-0.05, 0) is 53.4 Å². The standard InChI is InChI=1S/C14H8F2N2O6S2/c15-9-1-5-11(6-2-9)25(20,21)13-14(18(19)24-17-13)26(22,23)12-7-3-10(16)4-8-12/h1-8H. The lowest BCUT2D eigenvalue weighted by Gasteiger charge is -2.03. The van der Waals surface area contributed by atoms with Gasteiger partial charge in [0.2, 0.25) is 0 Å². The summed E-state index contributed by atoms with van der Waals surface area (Å²) in [6.45, 7) is 0. The first-order valence-corrected chi connectivity index (χ1v) is 9.72. The predicted molar refractivity (Wildman–Crippen MR) is 79.2 cm³/mol. The van der Waals surface area contributed by atoms with Gasteiger partial charge in [-0.1, -0.05) is 0 Å². The molecule has 26 heavy (non-hydrogen) atoms. The highest BCUT2D eigenvalue weighted by atomic mass is 32.2. The SMILES string of the molecule is O=S(=O)(c1ccc(F)cc1)c1no[n+]([O-])c1S(=O)(=O)c1ccc(F)cc1. The number of benzene rings is 2. The highest BCUT2D eigenvalue weighted by molar-refractivity contribution is 7.94. The van der Waals surface area contributed by atoms with Crippen LogP contribution >= 0.6 is 0 Å². The van der Waals surface area contributed by atoms with Crippen molar-refractivity contribution >= 4 is 19.7 Å². The van der Waals surface area contributed by atoms with Crippen molar-refractivity contribution in [2.75, 3.05) is 0 Å². The summed E-state index contributed by atoms with van der Waals surface area (Å²) in [5.41, 5.74) is 0. The van der Waals surface area contributed by atoms with E-state index in [-0.39, 0.29) is 0 Å². The first-order valence-electron chi connectivity index (χ1n) is 6.75. The maximum absolute atomic E-state index is 13.0. The first-order chi connectivity index (χ1) is 12.1. The number of hydrogen-bond acceptors (Lipinski definition) is 7. The summed E-state index contributed by atoms with van der Waals surface area (Å²) in [6.07, 6.45) is 0. The highest BCUT2D eigenvalue weighted by Crippen LogP contribution is 2.27. The molecule has 0 amide bonds. The van der Waals surface area contributed by atoms with Crippen LogP contribution in [0.5, 0.6) is 0 Å². The third-order valence-corrected chi connectivity index (χ3v) is 6.85. The molecule has 8 nitrogen and oxygen atoms in total. The van der Waals surface area contributed by atoms with Crippen molar-refractivity contribution in [3.8, 4) is 0 Å². The molecule has 1 heterocycles. The largest absolute Gasteiger partial charge is 0.358 e. The third kappa shape index (κ3) is 2.93. The molecule has 1 aromatic heterocycles. The monoisotopic (exact) mass is 402 g/mol. The van der Waals surface area contributed by atoms with E-state index in [0.29, 0.717) is 0 Å². The van der Waals surface area contributed by atoms with Crippen LogP contribution in [-0.2, 0) is 19.7 Å². The minimum absolute atomic E-state index is 0.497. The minimum atomic E-state index is -4.70. The van der Waals surface area contributed by atoms with E-state index in [4.69, 9.17) is 0 Å². The molecule has 0 atom stereocenters. The Kier molecular flexibility index (Phi) is 4.24. The van der Waals surface area contributed by atoms with Crippen molar-refractivity contribution < 1.29 is 35.1 Å². The molecule has 0 saturated carbocycles. The van der Waals surface area contributed by atoms with Crippen LogP contribution in [0.2, 0.25) is 0 Å². The van der Waals surface area contributed by atoms with Gasteiger partial charge < -0.3 is 5.21 Å². The van der Waals surface area contributed by atoms with Gasteiger partial charge in [0.05, 0.1) is 14.9 Å². The Morgan fingerprint density at radius 1 is 0.808 bits per heavy atom. The van der Waals surface area contributed by atoms with Crippen LogP contribution in [0.4, 0.5) is 8.78 Å². The fourth-order valence-corrected chi connectivity index (χ4v) is 5.08. The van der Waals surface area contributed by atoms with E-state index >= 15 is 0 Å². The van der Waals surface area contributed by atoms with E-state index in [9.17, 15) is 30.8 Å². The molecule has 0 fully saturated rings. The Morgan fingerprint density at radius 3 is 1.69 bits per heavy atom. The molecule has 0 saturated heterocycles. The fraction of sp³-hybridized carbons (Fsp3) is 0. The van der Waals surface area contributed by atoms with Crippen molar-refractivity contribution in [1.29, 1.82) is 0 Å². The van der Waals surface area contributed by atoms with Gasteiger partial charge >= 0.3 is 10.1 Å². The lowest BCUT2D eigenvalue weighted by Crippen LogP contribution is -2.31. The molecule has 0 aliphatic rings. The molecule has 136 valence electrons.